The first-order valence-electron chi connectivity index (χ1n) is 7.40. The van der Waals surface area contributed by atoms with Gasteiger partial charge in [-0.2, -0.15) is 0 Å². The lowest BCUT2D eigenvalue weighted by Crippen LogP contribution is -2.21. The van der Waals surface area contributed by atoms with E-state index in [0.717, 1.165) is 16.5 Å². The van der Waals surface area contributed by atoms with Crippen LogP contribution in [0, 0.1) is 12.7 Å². The van der Waals surface area contributed by atoms with E-state index in [0.29, 0.717) is 11.3 Å². The molecule has 3 rings (SSSR count). The largest absolute Gasteiger partial charge is 0.376 e. The van der Waals surface area contributed by atoms with E-state index in [1.54, 1.807) is 19.1 Å². The zero-order valence-corrected chi connectivity index (χ0v) is 12.8. The number of carbonyl (C=O) groups is 1. The minimum atomic E-state index is -0.328. The van der Waals surface area contributed by atoms with Gasteiger partial charge in [-0.15, -0.1) is 0 Å². The molecule has 0 aromatic heterocycles. The van der Waals surface area contributed by atoms with Gasteiger partial charge in [0, 0.05) is 11.4 Å². The summed E-state index contributed by atoms with van der Waals surface area (Å²) < 4.78 is 13.5. The molecule has 3 aromatic carbocycles. The fraction of sp³-hybridized carbons (Fsp3) is 0.105. The fourth-order valence-electron chi connectivity index (χ4n) is 2.36. The second-order valence-corrected chi connectivity index (χ2v) is 5.43. The number of nitrogens with one attached hydrogen (secondary N) is 2. The summed E-state index contributed by atoms with van der Waals surface area (Å²) in [6.07, 6.45) is 0. The molecule has 0 heterocycles. The molecule has 23 heavy (non-hydrogen) atoms. The highest BCUT2D eigenvalue weighted by Crippen LogP contribution is 2.19. The minimum absolute atomic E-state index is 0.119. The molecule has 0 aliphatic heterocycles. The van der Waals surface area contributed by atoms with Gasteiger partial charge in [0.2, 0.25) is 5.91 Å². The van der Waals surface area contributed by atoms with Gasteiger partial charge in [-0.25, -0.2) is 4.39 Å². The molecule has 1 amide bonds. The summed E-state index contributed by atoms with van der Waals surface area (Å²) in [5.74, 6) is -0.549. The van der Waals surface area contributed by atoms with Gasteiger partial charge in [-0.3, -0.25) is 4.79 Å². The SMILES string of the molecule is Cc1ccc(NC(=O)CNc2ccc3ccccc3c2)cc1F. The number of halogens is 1. The Morgan fingerprint density at radius 2 is 1.70 bits per heavy atom. The van der Waals surface area contributed by atoms with Crippen molar-refractivity contribution in [3.05, 3.63) is 72.0 Å². The Kier molecular flexibility index (Phi) is 4.24. The molecule has 0 saturated heterocycles. The van der Waals surface area contributed by atoms with Gasteiger partial charge in [-0.05, 0) is 47.5 Å². The maximum atomic E-state index is 13.5. The van der Waals surface area contributed by atoms with E-state index in [-0.39, 0.29) is 18.3 Å². The summed E-state index contributed by atoms with van der Waals surface area (Å²) in [6, 6.07) is 18.6. The number of amides is 1. The Balaban J connectivity index is 1.62. The van der Waals surface area contributed by atoms with Gasteiger partial charge in [0.25, 0.3) is 0 Å². The molecule has 0 spiro atoms. The molecule has 0 saturated carbocycles. The Hall–Kier alpha value is -2.88. The van der Waals surface area contributed by atoms with E-state index in [1.165, 1.54) is 6.07 Å². The van der Waals surface area contributed by atoms with Gasteiger partial charge in [0.15, 0.2) is 0 Å². The third-order valence-electron chi connectivity index (χ3n) is 3.66. The number of hydrogen-bond acceptors (Lipinski definition) is 2. The molecule has 0 aliphatic rings. The average molecular weight is 308 g/mol. The van der Waals surface area contributed by atoms with Crippen molar-refractivity contribution >= 4 is 28.1 Å². The number of benzene rings is 3. The quantitative estimate of drug-likeness (QED) is 0.753. The van der Waals surface area contributed by atoms with E-state index in [9.17, 15) is 9.18 Å². The lowest BCUT2D eigenvalue weighted by Gasteiger charge is -2.09. The van der Waals surface area contributed by atoms with Crippen molar-refractivity contribution in [1.82, 2.24) is 0 Å². The van der Waals surface area contributed by atoms with Gasteiger partial charge in [-0.1, -0.05) is 36.4 Å². The highest BCUT2D eigenvalue weighted by atomic mass is 19.1. The summed E-state index contributed by atoms with van der Waals surface area (Å²) in [7, 11) is 0. The van der Waals surface area contributed by atoms with Crippen LogP contribution in [0.15, 0.2) is 60.7 Å². The Bertz CT molecular complexity index is 861. The van der Waals surface area contributed by atoms with E-state index in [2.05, 4.69) is 10.6 Å². The molecule has 0 radical (unpaired) electrons. The monoisotopic (exact) mass is 308 g/mol. The van der Waals surface area contributed by atoms with Crippen LogP contribution in [-0.4, -0.2) is 12.5 Å². The number of anilines is 2. The fourth-order valence-corrected chi connectivity index (χ4v) is 2.36. The molecule has 3 aromatic rings. The first-order valence-corrected chi connectivity index (χ1v) is 7.40. The summed E-state index contributed by atoms with van der Waals surface area (Å²) in [4.78, 5) is 11.9. The molecule has 116 valence electrons. The van der Waals surface area contributed by atoms with Crippen LogP contribution >= 0.6 is 0 Å². The van der Waals surface area contributed by atoms with E-state index < -0.39 is 0 Å². The number of carbonyl (C=O) groups excluding carboxylic acids is 1. The highest BCUT2D eigenvalue weighted by molar-refractivity contribution is 5.94. The molecule has 2 N–H and O–H groups in total. The van der Waals surface area contributed by atoms with Crippen LogP contribution in [0.25, 0.3) is 10.8 Å². The molecule has 3 nitrogen and oxygen atoms in total. The molecule has 0 aliphatic carbocycles. The standard InChI is InChI=1S/C19H17FN2O/c1-13-6-8-17(11-18(13)20)22-19(23)12-21-16-9-7-14-4-2-3-5-15(14)10-16/h2-11,21H,12H2,1H3,(H,22,23). The zero-order chi connectivity index (χ0) is 16.2. The number of fused-ring (bicyclic) bond motifs is 1. The normalized spacial score (nSPS) is 10.5. The molecule has 0 fully saturated rings. The Labute approximate surface area is 134 Å². The number of aryl methyl sites for hydroxylation is 1. The predicted molar refractivity (Wildman–Crippen MR) is 92.2 cm³/mol. The third-order valence-corrected chi connectivity index (χ3v) is 3.66. The zero-order valence-electron chi connectivity index (χ0n) is 12.8. The maximum absolute atomic E-state index is 13.5. The van der Waals surface area contributed by atoms with Crippen LogP contribution in [0.2, 0.25) is 0 Å². The maximum Gasteiger partial charge on any atom is 0.243 e. The van der Waals surface area contributed by atoms with Crippen molar-refractivity contribution in [2.75, 3.05) is 17.2 Å². The molecular weight excluding hydrogens is 291 g/mol. The van der Waals surface area contributed by atoms with E-state index >= 15 is 0 Å². The van der Waals surface area contributed by atoms with Crippen molar-refractivity contribution in [2.24, 2.45) is 0 Å². The summed E-state index contributed by atoms with van der Waals surface area (Å²) in [5.41, 5.74) is 1.88. The van der Waals surface area contributed by atoms with Crippen molar-refractivity contribution in [1.29, 1.82) is 0 Å². The molecular formula is C19H17FN2O. The predicted octanol–water partition coefficient (Wildman–Crippen LogP) is 4.34. The van der Waals surface area contributed by atoms with Gasteiger partial charge in [0.1, 0.15) is 5.82 Å². The Morgan fingerprint density at radius 3 is 2.48 bits per heavy atom. The van der Waals surface area contributed by atoms with E-state index in [4.69, 9.17) is 0 Å². The van der Waals surface area contributed by atoms with E-state index in [1.807, 2.05) is 42.5 Å². The lowest BCUT2D eigenvalue weighted by molar-refractivity contribution is -0.114. The lowest BCUT2D eigenvalue weighted by atomic mass is 10.1. The molecule has 0 unspecified atom stereocenters. The van der Waals surface area contributed by atoms with Gasteiger partial charge >= 0.3 is 0 Å². The van der Waals surface area contributed by atoms with Crippen molar-refractivity contribution in [3.8, 4) is 0 Å². The highest BCUT2D eigenvalue weighted by Gasteiger charge is 2.05. The van der Waals surface area contributed by atoms with Crippen LogP contribution in [-0.2, 0) is 4.79 Å². The topological polar surface area (TPSA) is 41.1 Å². The van der Waals surface area contributed by atoms with Crippen molar-refractivity contribution < 1.29 is 9.18 Å². The smallest absolute Gasteiger partial charge is 0.243 e. The van der Waals surface area contributed by atoms with Crippen molar-refractivity contribution in [3.63, 3.8) is 0 Å². The third kappa shape index (κ3) is 3.66. The van der Waals surface area contributed by atoms with Crippen LogP contribution in [0.4, 0.5) is 15.8 Å². The van der Waals surface area contributed by atoms with Crippen LogP contribution in [0.5, 0.6) is 0 Å². The number of hydrogen-bond donors (Lipinski definition) is 2. The molecule has 0 bridgehead atoms. The number of rotatable bonds is 4. The first-order chi connectivity index (χ1) is 11.1. The summed E-state index contributed by atoms with van der Waals surface area (Å²) in [5, 5.41) is 8.01. The first kappa shape index (κ1) is 15.0. The summed E-state index contributed by atoms with van der Waals surface area (Å²) >= 11 is 0. The van der Waals surface area contributed by atoms with Crippen LogP contribution in [0.1, 0.15) is 5.56 Å². The molecule has 4 heteroatoms. The van der Waals surface area contributed by atoms with Gasteiger partial charge < -0.3 is 10.6 Å². The second-order valence-electron chi connectivity index (χ2n) is 5.43. The average Bonchev–Trinajstić information content (AvgIpc) is 2.56. The van der Waals surface area contributed by atoms with Crippen LogP contribution < -0.4 is 10.6 Å². The molecule has 0 atom stereocenters. The minimum Gasteiger partial charge on any atom is -0.376 e. The van der Waals surface area contributed by atoms with Gasteiger partial charge in [0.05, 0.1) is 6.54 Å². The van der Waals surface area contributed by atoms with Crippen LogP contribution in [0.3, 0.4) is 0 Å². The van der Waals surface area contributed by atoms with Crippen molar-refractivity contribution in [2.45, 2.75) is 6.92 Å². The Morgan fingerprint density at radius 1 is 0.957 bits per heavy atom. The second kappa shape index (κ2) is 6.48. The summed E-state index contributed by atoms with van der Waals surface area (Å²) in [6.45, 7) is 1.80.